The van der Waals surface area contributed by atoms with Crippen LogP contribution in [0, 0.1) is 0 Å². The number of methoxy groups -OCH3 is 1. The maximum atomic E-state index is 11.4. The van der Waals surface area contributed by atoms with Gasteiger partial charge in [-0.25, -0.2) is 4.79 Å². The van der Waals surface area contributed by atoms with Gasteiger partial charge in [0.15, 0.2) is 0 Å². The molecule has 0 saturated heterocycles. The molecule has 2 aromatic rings. The lowest BCUT2D eigenvalue weighted by molar-refractivity contribution is 0.409. The van der Waals surface area contributed by atoms with Gasteiger partial charge in [-0.1, -0.05) is 11.6 Å². The maximum Gasteiger partial charge on any atom is 0.336 e. The molecule has 2 rings (SSSR count). The molecule has 0 aliphatic carbocycles. The third-order valence-electron chi connectivity index (χ3n) is 2.78. The molecule has 1 heterocycles. The minimum absolute atomic E-state index is 0. The summed E-state index contributed by atoms with van der Waals surface area (Å²) in [7, 11) is 1.62. The molecule has 1 aromatic heterocycles. The molecule has 0 atom stereocenters. The second kappa shape index (κ2) is 6.57. The quantitative estimate of drug-likeness (QED) is 0.635. The van der Waals surface area contributed by atoms with Crippen LogP contribution in [0.1, 0.15) is 19.4 Å². The average molecular weight is 325 g/mol. The van der Waals surface area contributed by atoms with Gasteiger partial charge < -0.3 is 9.15 Å². The molecule has 102 valence electrons. The zero-order valence-corrected chi connectivity index (χ0v) is 12.9. The van der Waals surface area contributed by atoms with Crippen LogP contribution in [-0.4, -0.2) is 7.11 Å². The molecule has 0 aliphatic heterocycles. The first kappa shape index (κ1) is 15.5. The van der Waals surface area contributed by atoms with E-state index in [1.165, 1.54) is 11.6 Å². The van der Waals surface area contributed by atoms with E-state index < -0.39 is 0 Å². The predicted molar refractivity (Wildman–Crippen MR) is 82.5 cm³/mol. The minimum Gasteiger partial charge on any atom is -0.496 e. The van der Waals surface area contributed by atoms with Crippen LogP contribution in [0.25, 0.3) is 11.0 Å². The molecular formula is C15H17BrO3. The molecule has 0 spiro atoms. The van der Waals surface area contributed by atoms with Gasteiger partial charge in [0.05, 0.1) is 7.11 Å². The predicted octanol–water partition coefficient (Wildman–Crippen LogP) is 3.89. The van der Waals surface area contributed by atoms with Crippen LogP contribution < -0.4 is 10.4 Å². The van der Waals surface area contributed by atoms with E-state index in [9.17, 15) is 4.79 Å². The summed E-state index contributed by atoms with van der Waals surface area (Å²) in [5.41, 5.74) is 2.40. The molecular weight excluding hydrogens is 308 g/mol. The number of benzene rings is 1. The first-order chi connectivity index (χ1) is 8.61. The van der Waals surface area contributed by atoms with Crippen LogP contribution in [0.2, 0.25) is 0 Å². The summed E-state index contributed by atoms with van der Waals surface area (Å²) in [6, 6.07) is 6.99. The molecule has 0 aliphatic rings. The van der Waals surface area contributed by atoms with Crippen molar-refractivity contribution in [2.75, 3.05) is 7.11 Å². The minimum atomic E-state index is -0.339. The third-order valence-corrected chi connectivity index (χ3v) is 2.78. The summed E-state index contributed by atoms with van der Waals surface area (Å²) in [5.74, 6) is 0.745. The van der Waals surface area contributed by atoms with E-state index >= 15 is 0 Å². The highest BCUT2D eigenvalue weighted by Gasteiger charge is 2.09. The van der Waals surface area contributed by atoms with Gasteiger partial charge in [0.1, 0.15) is 11.3 Å². The van der Waals surface area contributed by atoms with Crippen molar-refractivity contribution in [3.63, 3.8) is 0 Å². The fourth-order valence-corrected chi connectivity index (χ4v) is 1.86. The van der Waals surface area contributed by atoms with Gasteiger partial charge in [-0.05, 0) is 38.5 Å². The number of rotatable bonds is 3. The van der Waals surface area contributed by atoms with Crippen molar-refractivity contribution in [2.45, 2.75) is 20.3 Å². The van der Waals surface area contributed by atoms with Gasteiger partial charge in [0, 0.05) is 17.0 Å². The molecule has 19 heavy (non-hydrogen) atoms. The Hall–Kier alpha value is -1.55. The molecule has 0 saturated carbocycles. The summed E-state index contributed by atoms with van der Waals surface area (Å²) in [6.07, 6.45) is 2.78. The van der Waals surface area contributed by atoms with Crippen LogP contribution in [0.4, 0.5) is 0 Å². The first-order valence-corrected chi connectivity index (χ1v) is 5.85. The molecule has 1 aromatic carbocycles. The summed E-state index contributed by atoms with van der Waals surface area (Å²) in [6.45, 7) is 4.07. The molecule has 0 radical (unpaired) electrons. The summed E-state index contributed by atoms with van der Waals surface area (Å²) in [5, 5.41) is 0.910. The normalized spacial score (nSPS) is 9.84. The zero-order valence-electron chi connectivity index (χ0n) is 11.2. The summed E-state index contributed by atoms with van der Waals surface area (Å²) in [4.78, 5) is 11.4. The molecule has 3 nitrogen and oxygen atoms in total. The number of fused-ring (bicyclic) bond motifs is 1. The van der Waals surface area contributed by atoms with Crippen molar-refractivity contribution >= 4 is 28.0 Å². The number of ether oxygens (including phenoxy) is 1. The van der Waals surface area contributed by atoms with Crippen molar-refractivity contribution in [2.24, 2.45) is 0 Å². The number of halogens is 1. The van der Waals surface area contributed by atoms with E-state index in [0.717, 1.165) is 16.7 Å². The first-order valence-electron chi connectivity index (χ1n) is 5.85. The lowest BCUT2D eigenvalue weighted by atomic mass is 10.1. The fourth-order valence-electron chi connectivity index (χ4n) is 1.86. The highest BCUT2D eigenvalue weighted by Crippen LogP contribution is 2.28. The van der Waals surface area contributed by atoms with Crippen LogP contribution in [0.3, 0.4) is 0 Å². The monoisotopic (exact) mass is 324 g/mol. The smallest absolute Gasteiger partial charge is 0.336 e. The van der Waals surface area contributed by atoms with Crippen LogP contribution in [-0.2, 0) is 6.42 Å². The van der Waals surface area contributed by atoms with E-state index in [4.69, 9.17) is 9.15 Å². The fraction of sp³-hybridized carbons (Fsp3) is 0.267. The summed E-state index contributed by atoms with van der Waals surface area (Å²) < 4.78 is 10.6. The van der Waals surface area contributed by atoms with E-state index in [2.05, 4.69) is 6.08 Å². The van der Waals surface area contributed by atoms with E-state index in [-0.39, 0.29) is 22.6 Å². The van der Waals surface area contributed by atoms with Crippen molar-refractivity contribution in [1.29, 1.82) is 0 Å². The maximum absolute atomic E-state index is 11.4. The number of hydrogen-bond acceptors (Lipinski definition) is 3. The standard InChI is InChI=1S/C15H16O3.BrH/c1-10(2)4-7-12-13(17-3)8-5-11-6-9-14(16)18-15(11)12;/h4-6,8-9H,7H2,1-3H3;1H. The number of hydrogen-bond donors (Lipinski definition) is 0. The summed E-state index contributed by atoms with van der Waals surface area (Å²) >= 11 is 0. The van der Waals surface area contributed by atoms with Gasteiger partial charge in [0.2, 0.25) is 0 Å². The molecule has 0 bridgehead atoms. The van der Waals surface area contributed by atoms with Gasteiger partial charge >= 0.3 is 5.63 Å². The Morgan fingerprint density at radius 2 is 1.95 bits per heavy atom. The van der Waals surface area contributed by atoms with Crippen molar-refractivity contribution in [3.8, 4) is 5.75 Å². The largest absolute Gasteiger partial charge is 0.496 e. The van der Waals surface area contributed by atoms with E-state index in [1.54, 1.807) is 13.2 Å². The van der Waals surface area contributed by atoms with Crippen LogP contribution >= 0.6 is 17.0 Å². The zero-order chi connectivity index (χ0) is 13.1. The Morgan fingerprint density at radius 3 is 2.58 bits per heavy atom. The Morgan fingerprint density at radius 1 is 1.26 bits per heavy atom. The lowest BCUT2D eigenvalue weighted by Gasteiger charge is -2.09. The lowest BCUT2D eigenvalue weighted by Crippen LogP contribution is -1.99. The Balaban J connectivity index is 0.00000180. The van der Waals surface area contributed by atoms with Gasteiger partial charge in [0.25, 0.3) is 0 Å². The Bertz CT molecular complexity index is 652. The van der Waals surface area contributed by atoms with Gasteiger partial charge in [-0.15, -0.1) is 17.0 Å². The second-order valence-corrected chi connectivity index (χ2v) is 4.40. The van der Waals surface area contributed by atoms with E-state index in [0.29, 0.717) is 12.0 Å². The highest BCUT2D eigenvalue weighted by atomic mass is 79.9. The van der Waals surface area contributed by atoms with Crippen molar-refractivity contribution < 1.29 is 9.15 Å². The van der Waals surface area contributed by atoms with Crippen molar-refractivity contribution in [3.05, 3.63) is 51.9 Å². The molecule has 0 unspecified atom stereocenters. The van der Waals surface area contributed by atoms with Gasteiger partial charge in [-0.3, -0.25) is 0 Å². The Kier molecular flexibility index (Phi) is 5.36. The molecule has 0 amide bonds. The van der Waals surface area contributed by atoms with Crippen molar-refractivity contribution in [1.82, 2.24) is 0 Å². The molecule has 4 heteroatoms. The SMILES string of the molecule is Br.COc1ccc2ccc(=O)oc2c1CC=C(C)C. The second-order valence-electron chi connectivity index (χ2n) is 4.40. The van der Waals surface area contributed by atoms with Crippen LogP contribution in [0.5, 0.6) is 5.75 Å². The van der Waals surface area contributed by atoms with E-state index in [1.807, 2.05) is 26.0 Å². The van der Waals surface area contributed by atoms with Gasteiger partial charge in [-0.2, -0.15) is 0 Å². The Labute approximate surface area is 122 Å². The van der Waals surface area contributed by atoms with Crippen LogP contribution in [0.15, 0.2) is 45.1 Å². The molecule has 0 N–H and O–H groups in total. The topological polar surface area (TPSA) is 39.4 Å². The molecule has 0 fully saturated rings. The highest BCUT2D eigenvalue weighted by molar-refractivity contribution is 8.93. The number of allylic oxidation sites excluding steroid dienone is 2. The third kappa shape index (κ3) is 3.47. The average Bonchev–Trinajstić information content (AvgIpc) is 2.35.